The van der Waals surface area contributed by atoms with Crippen LogP contribution in [0.1, 0.15) is 18.4 Å². The maximum Gasteiger partial charge on any atom is 0.387 e. The molecule has 6 heteroatoms. The number of benzene rings is 1. The van der Waals surface area contributed by atoms with Crippen molar-refractivity contribution >= 4 is 11.8 Å². The van der Waals surface area contributed by atoms with Gasteiger partial charge in [-0.3, -0.25) is 0 Å². The molecule has 1 N–H and O–H groups in total. The first-order valence-electron chi connectivity index (χ1n) is 6.62. The maximum absolute atomic E-state index is 12.5. The average Bonchev–Trinajstić information content (AvgIpc) is 2.46. The summed E-state index contributed by atoms with van der Waals surface area (Å²) in [5.74, 6) is 2.76. The third-order valence-electron chi connectivity index (χ3n) is 3.29. The molecule has 0 atom stereocenters. The molecule has 1 aliphatic rings. The molecule has 1 aliphatic heterocycles. The van der Waals surface area contributed by atoms with Crippen molar-refractivity contribution in [1.82, 2.24) is 5.32 Å². The van der Waals surface area contributed by atoms with Crippen LogP contribution in [0.25, 0.3) is 0 Å². The number of halogens is 2. The first-order chi connectivity index (χ1) is 9.70. The molecule has 0 saturated carbocycles. The van der Waals surface area contributed by atoms with E-state index in [1.807, 2.05) is 11.8 Å². The Kier molecular flexibility index (Phi) is 5.91. The molecule has 0 aromatic heterocycles. The van der Waals surface area contributed by atoms with E-state index < -0.39 is 6.61 Å². The smallest absolute Gasteiger partial charge is 0.387 e. The molecule has 1 heterocycles. The van der Waals surface area contributed by atoms with Crippen LogP contribution in [0.5, 0.6) is 11.5 Å². The lowest BCUT2D eigenvalue weighted by molar-refractivity contribution is -0.0518. The lowest BCUT2D eigenvalue weighted by Gasteiger charge is -2.23. The number of alkyl halides is 2. The van der Waals surface area contributed by atoms with Crippen LogP contribution >= 0.6 is 11.8 Å². The molecule has 20 heavy (non-hydrogen) atoms. The van der Waals surface area contributed by atoms with Crippen LogP contribution in [0.15, 0.2) is 18.2 Å². The SMILES string of the molecule is COc1cccc(CNC2CCSCC2)c1OC(F)F. The predicted molar refractivity (Wildman–Crippen MR) is 76.8 cm³/mol. The van der Waals surface area contributed by atoms with Gasteiger partial charge in [-0.1, -0.05) is 12.1 Å². The molecule has 1 aromatic carbocycles. The zero-order valence-electron chi connectivity index (χ0n) is 11.4. The number of nitrogens with one attached hydrogen (secondary N) is 1. The third kappa shape index (κ3) is 4.24. The van der Waals surface area contributed by atoms with Crippen LogP contribution in [0.2, 0.25) is 0 Å². The Morgan fingerprint density at radius 3 is 2.75 bits per heavy atom. The van der Waals surface area contributed by atoms with E-state index in [-0.39, 0.29) is 5.75 Å². The molecule has 1 saturated heterocycles. The molecular formula is C14H19F2NO2S. The molecular weight excluding hydrogens is 284 g/mol. The quantitative estimate of drug-likeness (QED) is 0.873. The third-order valence-corrected chi connectivity index (χ3v) is 4.34. The van der Waals surface area contributed by atoms with E-state index in [2.05, 4.69) is 10.1 Å². The Labute approximate surface area is 122 Å². The standard InChI is InChI=1S/C14H19F2NO2S/c1-18-12-4-2-3-10(13(12)19-14(15)16)9-17-11-5-7-20-8-6-11/h2-4,11,14,17H,5-9H2,1H3. The largest absolute Gasteiger partial charge is 0.493 e. The summed E-state index contributed by atoms with van der Waals surface area (Å²) in [5, 5.41) is 3.41. The summed E-state index contributed by atoms with van der Waals surface area (Å²) >= 11 is 1.95. The van der Waals surface area contributed by atoms with E-state index in [0.717, 1.165) is 24.3 Å². The van der Waals surface area contributed by atoms with Gasteiger partial charge >= 0.3 is 6.61 Å². The van der Waals surface area contributed by atoms with E-state index in [0.29, 0.717) is 23.9 Å². The number of rotatable bonds is 6. The molecule has 3 nitrogen and oxygen atoms in total. The molecule has 112 valence electrons. The van der Waals surface area contributed by atoms with Crippen LogP contribution in [0, 0.1) is 0 Å². The molecule has 2 rings (SSSR count). The molecule has 1 fully saturated rings. The normalized spacial score (nSPS) is 16.4. The first-order valence-corrected chi connectivity index (χ1v) is 7.78. The molecule has 0 unspecified atom stereocenters. The van der Waals surface area contributed by atoms with Crippen LogP contribution < -0.4 is 14.8 Å². The van der Waals surface area contributed by atoms with Crippen molar-refractivity contribution in [2.24, 2.45) is 0 Å². The van der Waals surface area contributed by atoms with Crippen molar-refractivity contribution in [2.75, 3.05) is 18.6 Å². The van der Waals surface area contributed by atoms with Gasteiger partial charge in [0, 0.05) is 18.2 Å². The molecule has 0 aliphatic carbocycles. The summed E-state index contributed by atoms with van der Waals surface area (Å²) in [4.78, 5) is 0. The number of hydrogen-bond donors (Lipinski definition) is 1. The van der Waals surface area contributed by atoms with Crippen LogP contribution in [0.4, 0.5) is 8.78 Å². The highest BCUT2D eigenvalue weighted by Gasteiger charge is 2.17. The van der Waals surface area contributed by atoms with E-state index in [1.165, 1.54) is 7.11 Å². The lowest BCUT2D eigenvalue weighted by Crippen LogP contribution is -2.32. The van der Waals surface area contributed by atoms with Gasteiger partial charge in [-0.25, -0.2) is 0 Å². The Balaban J connectivity index is 2.05. The number of para-hydroxylation sites is 1. The van der Waals surface area contributed by atoms with E-state index in [4.69, 9.17) is 4.74 Å². The number of methoxy groups -OCH3 is 1. The van der Waals surface area contributed by atoms with Gasteiger partial charge in [-0.15, -0.1) is 0 Å². The molecule has 0 amide bonds. The van der Waals surface area contributed by atoms with Gasteiger partial charge in [0.05, 0.1) is 7.11 Å². The second-order valence-electron chi connectivity index (χ2n) is 4.59. The van der Waals surface area contributed by atoms with Crippen molar-refractivity contribution < 1.29 is 18.3 Å². The fraction of sp³-hybridized carbons (Fsp3) is 0.571. The van der Waals surface area contributed by atoms with Gasteiger partial charge in [0.2, 0.25) is 0 Å². The molecule has 1 aromatic rings. The van der Waals surface area contributed by atoms with Crippen molar-refractivity contribution in [2.45, 2.75) is 32.0 Å². The first kappa shape index (κ1) is 15.4. The van der Waals surface area contributed by atoms with E-state index >= 15 is 0 Å². The van der Waals surface area contributed by atoms with Crippen molar-refractivity contribution in [3.05, 3.63) is 23.8 Å². The summed E-state index contributed by atoms with van der Waals surface area (Å²) in [6.45, 7) is -2.34. The maximum atomic E-state index is 12.5. The Morgan fingerprint density at radius 2 is 2.10 bits per heavy atom. The highest BCUT2D eigenvalue weighted by atomic mass is 32.2. The summed E-state index contributed by atoms with van der Waals surface area (Å²) in [6, 6.07) is 5.63. The highest BCUT2D eigenvalue weighted by molar-refractivity contribution is 7.99. The van der Waals surface area contributed by atoms with E-state index in [1.54, 1.807) is 18.2 Å². The minimum absolute atomic E-state index is 0.127. The fourth-order valence-electron chi connectivity index (χ4n) is 2.24. The Morgan fingerprint density at radius 1 is 1.35 bits per heavy atom. The van der Waals surface area contributed by atoms with Gasteiger partial charge in [-0.2, -0.15) is 20.5 Å². The number of thioether (sulfide) groups is 1. The minimum Gasteiger partial charge on any atom is -0.493 e. The van der Waals surface area contributed by atoms with Crippen molar-refractivity contribution in [3.63, 3.8) is 0 Å². The summed E-state index contributed by atoms with van der Waals surface area (Å²) in [7, 11) is 1.45. The monoisotopic (exact) mass is 303 g/mol. The van der Waals surface area contributed by atoms with Gasteiger partial charge in [-0.05, 0) is 30.4 Å². The van der Waals surface area contributed by atoms with Gasteiger partial charge < -0.3 is 14.8 Å². The average molecular weight is 303 g/mol. The van der Waals surface area contributed by atoms with Gasteiger partial charge in [0.25, 0.3) is 0 Å². The fourth-order valence-corrected chi connectivity index (χ4v) is 3.35. The van der Waals surface area contributed by atoms with Crippen LogP contribution in [0.3, 0.4) is 0 Å². The number of ether oxygens (including phenoxy) is 2. The van der Waals surface area contributed by atoms with Crippen LogP contribution in [-0.4, -0.2) is 31.3 Å². The van der Waals surface area contributed by atoms with E-state index in [9.17, 15) is 8.78 Å². The molecule has 0 spiro atoms. The van der Waals surface area contributed by atoms with Gasteiger partial charge in [0.1, 0.15) is 0 Å². The number of hydrogen-bond acceptors (Lipinski definition) is 4. The van der Waals surface area contributed by atoms with Gasteiger partial charge in [0.15, 0.2) is 11.5 Å². The second kappa shape index (κ2) is 7.69. The highest BCUT2D eigenvalue weighted by Crippen LogP contribution is 2.32. The molecule has 0 bridgehead atoms. The summed E-state index contributed by atoms with van der Waals surface area (Å²) in [5.41, 5.74) is 0.697. The summed E-state index contributed by atoms with van der Waals surface area (Å²) < 4.78 is 34.7. The molecule has 0 radical (unpaired) electrons. The zero-order valence-corrected chi connectivity index (χ0v) is 12.2. The van der Waals surface area contributed by atoms with Crippen molar-refractivity contribution in [1.29, 1.82) is 0 Å². The minimum atomic E-state index is -2.85. The summed E-state index contributed by atoms with van der Waals surface area (Å²) in [6.07, 6.45) is 2.22. The topological polar surface area (TPSA) is 30.5 Å². The Hall–Kier alpha value is -1.01. The zero-order chi connectivity index (χ0) is 14.4. The predicted octanol–water partition coefficient (Wildman–Crippen LogP) is 3.28. The Bertz CT molecular complexity index is 426. The van der Waals surface area contributed by atoms with Crippen molar-refractivity contribution in [3.8, 4) is 11.5 Å². The second-order valence-corrected chi connectivity index (χ2v) is 5.82. The lowest BCUT2D eigenvalue weighted by atomic mass is 10.1. The van der Waals surface area contributed by atoms with Crippen LogP contribution in [-0.2, 0) is 6.54 Å².